The van der Waals surface area contributed by atoms with Gasteiger partial charge < -0.3 is 9.47 Å². The summed E-state index contributed by atoms with van der Waals surface area (Å²) in [5.41, 5.74) is 3.81. The fourth-order valence-electron chi connectivity index (χ4n) is 2.50. The number of hydrogen-bond donors (Lipinski definition) is 0. The van der Waals surface area contributed by atoms with Crippen molar-refractivity contribution in [1.82, 2.24) is 0 Å². The molecule has 0 aliphatic heterocycles. The van der Waals surface area contributed by atoms with E-state index in [1.807, 2.05) is 38.1 Å². The van der Waals surface area contributed by atoms with Crippen molar-refractivity contribution in [2.75, 3.05) is 14.2 Å². The molecule has 0 atom stereocenters. The summed E-state index contributed by atoms with van der Waals surface area (Å²) < 4.78 is 10.6. The van der Waals surface area contributed by atoms with Gasteiger partial charge in [0, 0.05) is 6.42 Å². The predicted octanol–water partition coefficient (Wildman–Crippen LogP) is 3.75. The lowest BCUT2D eigenvalue weighted by Crippen LogP contribution is -2.10. The maximum absolute atomic E-state index is 12.7. The van der Waals surface area contributed by atoms with Gasteiger partial charge in [-0.3, -0.25) is 4.79 Å². The fraction of sp³-hybridized carbons (Fsp3) is 0.278. The molecule has 2 aromatic carbocycles. The summed E-state index contributed by atoms with van der Waals surface area (Å²) in [6.07, 6.45) is 0.342. The Balaban J connectivity index is 2.41. The van der Waals surface area contributed by atoms with Gasteiger partial charge >= 0.3 is 0 Å². The normalized spacial score (nSPS) is 10.3. The van der Waals surface area contributed by atoms with E-state index in [-0.39, 0.29) is 5.78 Å². The molecule has 0 aromatic heterocycles. The number of ether oxygens (including phenoxy) is 2. The quantitative estimate of drug-likeness (QED) is 0.784. The van der Waals surface area contributed by atoms with Crippen LogP contribution in [0.25, 0.3) is 0 Å². The van der Waals surface area contributed by atoms with Gasteiger partial charge in [0.1, 0.15) is 17.1 Å². The van der Waals surface area contributed by atoms with Gasteiger partial charge in [0.15, 0.2) is 5.78 Å². The van der Waals surface area contributed by atoms with Crippen LogP contribution in [0.4, 0.5) is 0 Å². The third-order valence-corrected chi connectivity index (χ3v) is 3.69. The number of hydrogen-bond acceptors (Lipinski definition) is 3. The smallest absolute Gasteiger partial charge is 0.174 e. The second-order valence-corrected chi connectivity index (χ2v) is 5.01. The Morgan fingerprint density at radius 2 is 1.38 bits per heavy atom. The van der Waals surface area contributed by atoms with Crippen LogP contribution in [0, 0.1) is 13.8 Å². The van der Waals surface area contributed by atoms with E-state index in [1.54, 1.807) is 26.4 Å². The molecule has 3 heteroatoms. The highest BCUT2D eigenvalue weighted by molar-refractivity contribution is 6.02. The molecule has 0 bridgehead atoms. The topological polar surface area (TPSA) is 35.5 Å². The predicted molar refractivity (Wildman–Crippen MR) is 83.5 cm³/mol. The molecule has 0 unspecified atom stereocenters. The van der Waals surface area contributed by atoms with Gasteiger partial charge in [-0.25, -0.2) is 0 Å². The van der Waals surface area contributed by atoms with Crippen LogP contribution in [0.3, 0.4) is 0 Å². The van der Waals surface area contributed by atoms with Crippen LogP contribution in [-0.2, 0) is 6.42 Å². The number of Topliss-reactive ketones (excluding diaryl/α,β-unsaturated/α-hetero) is 1. The van der Waals surface area contributed by atoms with E-state index in [2.05, 4.69) is 0 Å². The number of ketones is 1. The molecule has 21 heavy (non-hydrogen) atoms. The molecule has 2 aromatic rings. The van der Waals surface area contributed by atoms with Crippen LogP contribution in [0.2, 0.25) is 0 Å². The summed E-state index contributed by atoms with van der Waals surface area (Å²) in [5, 5.41) is 0. The molecule has 0 aliphatic carbocycles. The van der Waals surface area contributed by atoms with Gasteiger partial charge in [0.05, 0.1) is 14.2 Å². The maximum atomic E-state index is 12.7. The number of benzene rings is 2. The summed E-state index contributed by atoms with van der Waals surface area (Å²) in [5.74, 6) is 1.10. The number of carbonyl (C=O) groups excluding carboxylic acids is 1. The van der Waals surface area contributed by atoms with E-state index in [9.17, 15) is 4.79 Å². The molecular formula is C18H20O3. The molecule has 3 nitrogen and oxygen atoms in total. The lowest BCUT2D eigenvalue weighted by molar-refractivity contribution is 0.0986. The molecule has 110 valence electrons. The van der Waals surface area contributed by atoms with Crippen LogP contribution in [0.1, 0.15) is 27.0 Å². The Hall–Kier alpha value is -2.29. The van der Waals surface area contributed by atoms with Crippen LogP contribution in [0.15, 0.2) is 36.4 Å². The lowest BCUT2D eigenvalue weighted by atomic mass is 9.95. The molecule has 2 rings (SSSR count). The van der Waals surface area contributed by atoms with Crippen molar-refractivity contribution in [3.8, 4) is 11.5 Å². The minimum absolute atomic E-state index is 0.00157. The van der Waals surface area contributed by atoms with Crippen molar-refractivity contribution < 1.29 is 14.3 Å². The van der Waals surface area contributed by atoms with Crippen molar-refractivity contribution in [2.45, 2.75) is 20.3 Å². The van der Waals surface area contributed by atoms with Crippen molar-refractivity contribution in [1.29, 1.82) is 0 Å². The number of rotatable bonds is 5. The first-order chi connectivity index (χ1) is 10.1. The van der Waals surface area contributed by atoms with Crippen LogP contribution < -0.4 is 9.47 Å². The van der Waals surface area contributed by atoms with Crippen LogP contribution >= 0.6 is 0 Å². The molecule has 0 spiro atoms. The first-order valence-corrected chi connectivity index (χ1v) is 6.87. The summed E-state index contributed by atoms with van der Waals surface area (Å²) in [4.78, 5) is 12.7. The fourth-order valence-corrected chi connectivity index (χ4v) is 2.50. The Labute approximate surface area is 125 Å². The third-order valence-electron chi connectivity index (χ3n) is 3.69. The van der Waals surface area contributed by atoms with Crippen molar-refractivity contribution in [3.63, 3.8) is 0 Å². The summed E-state index contributed by atoms with van der Waals surface area (Å²) in [6, 6.07) is 11.4. The van der Waals surface area contributed by atoms with Crippen LogP contribution in [-0.4, -0.2) is 20.0 Å². The largest absolute Gasteiger partial charge is 0.496 e. The van der Waals surface area contributed by atoms with Gasteiger partial charge in [-0.2, -0.15) is 0 Å². The average Bonchev–Trinajstić information content (AvgIpc) is 2.49. The highest BCUT2D eigenvalue weighted by atomic mass is 16.5. The summed E-state index contributed by atoms with van der Waals surface area (Å²) in [6.45, 7) is 4.05. The molecule has 0 heterocycles. The summed E-state index contributed by atoms with van der Waals surface area (Å²) >= 11 is 0. The first-order valence-electron chi connectivity index (χ1n) is 6.87. The SMILES string of the molecule is COc1cccc(OC)c1C(=O)Cc1c(C)cccc1C. The minimum atomic E-state index is 0.00157. The van der Waals surface area contributed by atoms with E-state index >= 15 is 0 Å². The Kier molecular flexibility index (Phi) is 4.63. The summed E-state index contributed by atoms with van der Waals surface area (Å²) in [7, 11) is 3.12. The Morgan fingerprint density at radius 3 is 1.86 bits per heavy atom. The average molecular weight is 284 g/mol. The van der Waals surface area contributed by atoms with Gasteiger partial charge in [0.2, 0.25) is 0 Å². The van der Waals surface area contributed by atoms with Gasteiger partial charge in [-0.05, 0) is 42.7 Å². The number of methoxy groups -OCH3 is 2. The molecule has 0 N–H and O–H groups in total. The molecule has 0 radical (unpaired) electrons. The molecule has 0 saturated carbocycles. The zero-order chi connectivity index (χ0) is 15.4. The standard InChI is InChI=1S/C18H20O3/c1-12-7-5-8-13(2)14(12)11-15(19)18-16(20-3)9-6-10-17(18)21-4/h5-10H,11H2,1-4H3. The number of aryl methyl sites for hydroxylation is 2. The Morgan fingerprint density at radius 1 is 0.905 bits per heavy atom. The van der Waals surface area contributed by atoms with E-state index in [1.165, 1.54) is 0 Å². The van der Waals surface area contributed by atoms with Crippen molar-refractivity contribution in [2.24, 2.45) is 0 Å². The monoisotopic (exact) mass is 284 g/mol. The van der Waals surface area contributed by atoms with Crippen molar-refractivity contribution in [3.05, 3.63) is 58.7 Å². The second kappa shape index (κ2) is 6.44. The van der Waals surface area contributed by atoms with Crippen LogP contribution in [0.5, 0.6) is 11.5 Å². The zero-order valence-corrected chi connectivity index (χ0v) is 12.9. The van der Waals surface area contributed by atoms with Crippen molar-refractivity contribution >= 4 is 5.78 Å². The minimum Gasteiger partial charge on any atom is -0.496 e. The highest BCUT2D eigenvalue weighted by Crippen LogP contribution is 2.30. The molecule has 0 amide bonds. The third kappa shape index (κ3) is 3.07. The molecule has 0 fully saturated rings. The van der Waals surface area contributed by atoms with E-state index in [0.29, 0.717) is 23.5 Å². The van der Waals surface area contributed by atoms with Gasteiger partial charge in [-0.1, -0.05) is 24.3 Å². The zero-order valence-electron chi connectivity index (χ0n) is 12.9. The van der Waals surface area contributed by atoms with E-state index in [0.717, 1.165) is 16.7 Å². The maximum Gasteiger partial charge on any atom is 0.174 e. The molecule has 0 saturated heterocycles. The lowest BCUT2D eigenvalue weighted by Gasteiger charge is -2.14. The Bertz CT molecular complexity index is 617. The second-order valence-electron chi connectivity index (χ2n) is 5.01. The van der Waals surface area contributed by atoms with Gasteiger partial charge in [0.25, 0.3) is 0 Å². The van der Waals surface area contributed by atoms with E-state index < -0.39 is 0 Å². The molecular weight excluding hydrogens is 264 g/mol. The van der Waals surface area contributed by atoms with Gasteiger partial charge in [-0.15, -0.1) is 0 Å². The number of carbonyl (C=O) groups is 1. The van der Waals surface area contributed by atoms with E-state index in [4.69, 9.17) is 9.47 Å². The molecule has 0 aliphatic rings. The first kappa shape index (κ1) is 15.1. The highest BCUT2D eigenvalue weighted by Gasteiger charge is 2.19.